The van der Waals surface area contributed by atoms with Crippen LogP contribution in [0.1, 0.15) is 33.1 Å². The van der Waals surface area contributed by atoms with Crippen molar-refractivity contribution >= 4 is 5.97 Å². The number of rotatable bonds is 9. The van der Waals surface area contributed by atoms with Gasteiger partial charge in [-0.1, -0.05) is 60.7 Å². The Hall–Kier alpha value is -3.14. The maximum atomic E-state index is 11.2. The van der Waals surface area contributed by atoms with Crippen molar-refractivity contribution in [3.05, 3.63) is 72.8 Å². The van der Waals surface area contributed by atoms with E-state index in [0.29, 0.717) is 18.9 Å². The van der Waals surface area contributed by atoms with Crippen LogP contribution >= 0.6 is 0 Å². The maximum Gasteiger partial charge on any atom is 0.309 e. The lowest BCUT2D eigenvalue weighted by Gasteiger charge is -2.18. The van der Waals surface area contributed by atoms with Gasteiger partial charge in [-0.3, -0.25) is 4.79 Å². The number of pyridine rings is 1. The fourth-order valence-corrected chi connectivity index (χ4v) is 3.14. The van der Waals surface area contributed by atoms with Crippen LogP contribution < -0.4 is 4.74 Å². The molecule has 0 saturated heterocycles. The largest absolute Gasteiger partial charge is 0.481 e. The van der Waals surface area contributed by atoms with Crippen LogP contribution in [0, 0.1) is 5.41 Å². The average molecular weight is 389 g/mol. The molecule has 0 unspecified atom stereocenters. The van der Waals surface area contributed by atoms with Crippen molar-refractivity contribution in [2.45, 2.75) is 33.1 Å². The molecule has 0 spiro atoms. The molecule has 29 heavy (non-hydrogen) atoms. The molecule has 1 heterocycles. The van der Waals surface area contributed by atoms with Crippen molar-refractivity contribution < 1.29 is 14.6 Å². The van der Waals surface area contributed by atoms with Crippen molar-refractivity contribution in [1.82, 2.24) is 4.98 Å². The van der Waals surface area contributed by atoms with Crippen LogP contribution in [0.25, 0.3) is 22.4 Å². The first kappa shape index (κ1) is 20.6. The first-order valence-electron chi connectivity index (χ1n) is 9.95. The molecule has 1 N–H and O–H groups in total. The second-order valence-electron chi connectivity index (χ2n) is 7.77. The van der Waals surface area contributed by atoms with Gasteiger partial charge in [0.05, 0.1) is 17.7 Å². The predicted molar refractivity (Wildman–Crippen MR) is 116 cm³/mol. The Bertz CT molecular complexity index is 937. The highest BCUT2D eigenvalue weighted by Crippen LogP contribution is 2.32. The Morgan fingerprint density at radius 1 is 0.897 bits per heavy atom. The molecule has 4 heteroatoms. The lowest BCUT2D eigenvalue weighted by Crippen LogP contribution is -2.23. The van der Waals surface area contributed by atoms with Crippen LogP contribution in [0.4, 0.5) is 0 Å². The van der Waals surface area contributed by atoms with E-state index < -0.39 is 11.4 Å². The SMILES string of the molecule is CC(C)(CCCCOc1ccc(-c2ccccc2)c(-c2ccccc2)n1)C(=O)O. The van der Waals surface area contributed by atoms with Gasteiger partial charge in [-0.15, -0.1) is 0 Å². The number of hydrogen-bond acceptors (Lipinski definition) is 3. The van der Waals surface area contributed by atoms with Gasteiger partial charge in [0.25, 0.3) is 0 Å². The molecule has 0 aliphatic rings. The molecule has 0 saturated carbocycles. The summed E-state index contributed by atoms with van der Waals surface area (Å²) in [5.41, 5.74) is 3.41. The van der Waals surface area contributed by atoms with Gasteiger partial charge in [0.2, 0.25) is 5.88 Å². The molecule has 0 bridgehead atoms. The summed E-state index contributed by atoms with van der Waals surface area (Å²) in [4.78, 5) is 16.0. The maximum absolute atomic E-state index is 11.2. The van der Waals surface area contributed by atoms with Gasteiger partial charge in [0.1, 0.15) is 0 Å². The second-order valence-corrected chi connectivity index (χ2v) is 7.77. The van der Waals surface area contributed by atoms with Crippen molar-refractivity contribution in [2.24, 2.45) is 5.41 Å². The summed E-state index contributed by atoms with van der Waals surface area (Å²) in [5.74, 6) is -0.176. The number of carboxylic acid groups (broad SMARTS) is 1. The lowest BCUT2D eigenvalue weighted by molar-refractivity contribution is -0.147. The van der Waals surface area contributed by atoms with Crippen molar-refractivity contribution in [3.8, 4) is 28.3 Å². The van der Waals surface area contributed by atoms with E-state index in [0.717, 1.165) is 35.2 Å². The minimum absolute atomic E-state index is 0.515. The van der Waals surface area contributed by atoms with Gasteiger partial charge in [-0.2, -0.15) is 0 Å². The average Bonchev–Trinajstić information content (AvgIpc) is 2.74. The number of aromatic nitrogens is 1. The molecule has 1 aromatic heterocycles. The van der Waals surface area contributed by atoms with E-state index in [1.54, 1.807) is 13.8 Å². The highest BCUT2D eigenvalue weighted by Gasteiger charge is 2.26. The number of hydrogen-bond donors (Lipinski definition) is 1. The number of carboxylic acids is 1. The summed E-state index contributed by atoms with van der Waals surface area (Å²) in [6.45, 7) is 4.03. The van der Waals surface area contributed by atoms with Crippen LogP contribution in [-0.2, 0) is 4.79 Å². The standard InChI is InChI=1S/C25H27NO3/c1-25(2,24(27)28)17-9-10-18-29-22-16-15-21(19-11-5-3-6-12-19)23(26-22)20-13-7-4-8-14-20/h3-8,11-16H,9-10,17-18H2,1-2H3,(H,27,28). The minimum Gasteiger partial charge on any atom is -0.481 e. The quantitative estimate of drug-likeness (QED) is 0.451. The fourth-order valence-electron chi connectivity index (χ4n) is 3.14. The zero-order valence-corrected chi connectivity index (χ0v) is 17.0. The number of ether oxygens (including phenoxy) is 1. The Kier molecular flexibility index (Phi) is 6.65. The molecular formula is C25H27NO3. The van der Waals surface area contributed by atoms with E-state index in [2.05, 4.69) is 12.1 Å². The highest BCUT2D eigenvalue weighted by atomic mass is 16.5. The molecule has 3 rings (SSSR count). The van der Waals surface area contributed by atoms with E-state index in [9.17, 15) is 9.90 Å². The number of unbranched alkanes of at least 4 members (excludes halogenated alkanes) is 1. The Morgan fingerprint density at radius 2 is 1.52 bits per heavy atom. The molecule has 0 fully saturated rings. The van der Waals surface area contributed by atoms with Crippen LogP contribution in [0.2, 0.25) is 0 Å². The first-order chi connectivity index (χ1) is 14.0. The smallest absolute Gasteiger partial charge is 0.309 e. The predicted octanol–water partition coefficient (Wildman–Crippen LogP) is 6.08. The molecule has 0 radical (unpaired) electrons. The molecule has 4 nitrogen and oxygen atoms in total. The summed E-state index contributed by atoms with van der Waals surface area (Å²) < 4.78 is 5.88. The normalized spacial score (nSPS) is 11.2. The van der Waals surface area contributed by atoms with E-state index in [1.807, 2.05) is 60.7 Å². The summed E-state index contributed by atoms with van der Waals surface area (Å²) in [5, 5.41) is 9.19. The Labute approximate surface area is 172 Å². The highest BCUT2D eigenvalue weighted by molar-refractivity contribution is 5.81. The van der Waals surface area contributed by atoms with Crippen LogP contribution in [0.15, 0.2) is 72.8 Å². The van der Waals surface area contributed by atoms with Crippen molar-refractivity contribution in [2.75, 3.05) is 6.61 Å². The monoisotopic (exact) mass is 389 g/mol. The number of carbonyl (C=O) groups is 1. The van der Waals surface area contributed by atoms with Gasteiger partial charge in [0.15, 0.2) is 0 Å². The lowest BCUT2D eigenvalue weighted by atomic mass is 9.87. The van der Waals surface area contributed by atoms with Gasteiger partial charge < -0.3 is 9.84 Å². The summed E-state index contributed by atoms with van der Waals surface area (Å²) in [7, 11) is 0. The summed E-state index contributed by atoms with van der Waals surface area (Å²) in [6.07, 6.45) is 2.22. The van der Waals surface area contributed by atoms with Crippen molar-refractivity contribution in [3.63, 3.8) is 0 Å². The van der Waals surface area contributed by atoms with E-state index in [-0.39, 0.29) is 0 Å². The second kappa shape index (κ2) is 9.37. The molecule has 0 atom stereocenters. The Balaban J connectivity index is 1.72. The number of aliphatic carboxylic acids is 1. The van der Waals surface area contributed by atoms with Gasteiger partial charge >= 0.3 is 5.97 Å². The topological polar surface area (TPSA) is 59.4 Å². The van der Waals surface area contributed by atoms with E-state index >= 15 is 0 Å². The summed E-state index contributed by atoms with van der Waals surface area (Å²) >= 11 is 0. The third kappa shape index (κ3) is 5.44. The first-order valence-corrected chi connectivity index (χ1v) is 9.95. The Morgan fingerprint density at radius 3 is 2.14 bits per heavy atom. The van der Waals surface area contributed by atoms with Gasteiger partial charge in [0, 0.05) is 17.2 Å². The van der Waals surface area contributed by atoms with Crippen LogP contribution in [-0.4, -0.2) is 22.7 Å². The molecular weight excluding hydrogens is 362 g/mol. The van der Waals surface area contributed by atoms with Gasteiger partial charge in [-0.25, -0.2) is 4.98 Å². The molecule has 150 valence electrons. The van der Waals surface area contributed by atoms with E-state index in [4.69, 9.17) is 9.72 Å². The molecule has 3 aromatic rings. The van der Waals surface area contributed by atoms with Crippen LogP contribution in [0.5, 0.6) is 5.88 Å². The third-order valence-corrected chi connectivity index (χ3v) is 5.03. The zero-order chi connectivity index (χ0) is 20.7. The number of nitrogens with zero attached hydrogens (tertiary/aromatic N) is 1. The van der Waals surface area contributed by atoms with Crippen molar-refractivity contribution in [1.29, 1.82) is 0 Å². The molecule has 2 aromatic carbocycles. The summed E-state index contributed by atoms with van der Waals surface area (Å²) in [6, 6.07) is 24.2. The molecule has 0 amide bonds. The molecule has 0 aliphatic carbocycles. The molecule has 0 aliphatic heterocycles. The van der Waals surface area contributed by atoms with Gasteiger partial charge in [-0.05, 0) is 44.7 Å². The van der Waals surface area contributed by atoms with Crippen LogP contribution in [0.3, 0.4) is 0 Å². The fraction of sp³-hybridized carbons (Fsp3) is 0.280. The zero-order valence-electron chi connectivity index (χ0n) is 17.0. The minimum atomic E-state index is -0.760. The third-order valence-electron chi connectivity index (χ3n) is 5.03. The number of benzene rings is 2. The van der Waals surface area contributed by atoms with E-state index in [1.165, 1.54) is 0 Å².